The van der Waals surface area contributed by atoms with E-state index in [1.54, 1.807) is 14.0 Å². The van der Waals surface area contributed by atoms with Crippen LogP contribution in [0.4, 0.5) is 0 Å². The van der Waals surface area contributed by atoms with Gasteiger partial charge in [-0.3, -0.25) is 24.2 Å². The number of allylic oxidation sites excluding steroid dienone is 1. The third kappa shape index (κ3) is 5.31. The van der Waals surface area contributed by atoms with Crippen LogP contribution in [0.2, 0.25) is 0 Å². The van der Waals surface area contributed by atoms with E-state index in [0.29, 0.717) is 50.3 Å². The second-order valence-corrected chi connectivity index (χ2v) is 17.9. The van der Waals surface area contributed by atoms with Crippen LogP contribution in [-0.4, -0.2) is 109 Å². The Morgan fingerprint density at radius 2 is 1.78 bits per heavy atom. The molecule has 10 atom stereocenters. The third-order valence-electron chi connectivity index (χ3n) is 15.6. The minimum atomic E-state index is -1.20. The number of ketones is 1. The quantitative estimate of drug-likeness (QED) is 0.141. The predicted molar refractivity (Wildman–Crippen MR) is 222 cm³/mol. The van der Waals surface area contributed by atoms with Crippen molar-refractivity contribution in [3.63, 3.8) is 0 Å². The lowest BCUT2D eigenvalue weighted by Gasteiger charge is -2.61. The van der Waals surface area contributed by atoms with Crippen molar-refractivity contribution in [1.82, 2.24) is 19.8 Å². The number of likely N-dealkylation sites (tertiary alicyclic amines) is 1. The number of Topliss-reactive ketones (excluding diaryl/α,β-unsaturated/α-hetero) is 1. The highest BCUT2D eigenvalue weighted by atomic mass is 16.5. The van der Waals surface area contributed by atoms with Crippen molar-refractivity contribution < 1.29 is 33.7 Å². The molecule has 0 amide bonds. The first-order chi connectivity index (χ1) is 28.0. The number of aliphatic hydroxyl groups is 1. The number of methoxy groups -OCH3 is 3. The number of benzene rings is 2. The maximum absolute atomic E-state index is 14.5. The first-order valence-electron chi connectivity index (χ1n) is 21.2. The van der Waals surface area contributed by atoms with Crippen LogP contribution in [0.3, 0.4) is 0 Å². The number of nitrogens with one attached hydrogen (secondary N) is 2. The molecule has 11 heteroatoms. The molecular weight excluding hydrogens is 733 g/mol. The Balaban J connectivity index is 1.28. The molecule has 0 spiro atoms. The Kier molecular flexibility index (Phi) is 9.68. The van der Waals surface area contributed by atoms with Gasteiger partial charge in [0, 0.05) is 94.3 Å². The number of nitrogens with zero attached hydrogens (tertiary/aromatic N) is 2. The van der Waals surface area contributed by atoms with Crippen LogP contribution >= 0.6 is 0 Å². The van der Waals surface area contributed by atoms with Crippen molar-refractivity contribution in [3.05, 3.63) is 76.1 Å². The molecule has 2 aromatic carbocycles. The number of fused-ring (bicyclic) bond motifs is 9. The molecule has 2 aromatic heterocycles. The molecule has 4 aliphatic heterocycles. The van der Waals surface area contributed by atoms with Crippen molar-refractivity contribution in [2.75, 3.05) is 48.1 Å². The summed E-state index contributed by atoms with van der Waals surface area (Å²) in [4.78, 5) is 53.9. The lowest BCUT2D eigenvalue weighted by Crippen LogP contribution is -2.70. The molecular formula is C47H58N4O7. The number of aliphatic hydroxyl groups excluding tert-OH is 1. The van der Waals surface area contributed by atoms with Crippen LogP contribution < -0.4 is 4.74 Å². The lowest BCUT2D eigenvalue weighted by atomic mass is 9.54. The fourth-order valence-corrected chi connectivity index (χ4v) is 13.3. The van der Waals surface area contributed by atoms with Gasteiger partial charge in [-0.1, -0.05) is 43.2 Å². The van der Waals surface area contributed by atoms with E-state index in [4.69, 9.17) is 14.2 Å². The lowest BCUT2D eigenvalue weighted by molar-refractivity contribution is -0.170. The number of hydrogen-bond acceptors (Lipinski definition) is 9. The number of hydrogen-bond donors (Lipinski definition) is 3. The minimum Gasteiger partial charge on any atom is -0.496 e. The van der Waals surface area contributed by atoms with Crippen LogP contribution in [0.1, 0.15) is 86.9 Å². The topological polar surface area (TPSA) is 137 Å². The molecule has 3 N–H and O–H groups in total. The van der Waals surface area contributed by atoms with E-state index in [9.17, 15) is 19.5 Å². The molecule has 6 bridgehead atoms. The number of esters is 2. The molecule has 4 fully saturated rings. The number of rotatable bonds is 8. The standard InChI is InChI=1S/C47H58N4O7/c1-8-26-17-28-22-46(44(54)57-6)42-30(14-15-51(43(26)46)38(28)16-25(3)53)31-18-32(39(56-5)21-37(31)49-42)33-19-35-27(9-2)23-50(4)40(47(35,24-52)45(55)58-7)20-34-29-12-10-11-13-36(29)48-41(33)34/h9-13,18,21,26,28,33,35,38,40,43,48-49,52H,8,14-17,19-20,22-24H2,1-7H3/b27-9-/t26-,28-,33-,35+,38+,40-,43-,46+,47-/m0/s1. The molecule has 11 nitrogen and oxygen atoms in total. The van der Waals surface area contributed by atoms with E-state index in [-0.39, 0.29) is 54.2 Å². The molecule has 1 saturated carbocycles. The van der Waals surface area contributed by atoms with E-state index >= 15 is 0 Å². The number of likely N-dealkylation sites (N-methyl/N-ethyl adjacent to an activating group) is 1. The summed E-state index contributed by atoms with van der Waals surface area (Å²) < 4.78 is 17.7. The number of aromatic amines is 2. The zero-order valence-corrected chi connectivity index (χ0v) is 34.9. The van der Waals surface area contributed by atoms with E-state index < -0.39 is 16.8 Å². The summed E-state index contributed by atoms with van der Waals surface area (Å²) in [5.74, 6) is 0.198. The smallest absolute Gasteiger partial charge is 0.319 e. The minimum absolute atomic E-state index is 0.0870. The van der Waals surface area contributed by atoms with E-state index in [2.05, 4.69) is 63.1 Å². The summed E-state index contributed by atoms with van der Waals surface area (Å²) in [5.41, 5.74) is 6.17. The first-order valence-corrected chi connectivity index (χ1v) is 21.2. The Labute approximate surface area is 340 Å². The molecule has 4 aromatic rings. The Morgan fingerprint density at radius 1 is 1.00 bits per heavy atom. The largest absolute Gasteiger partial charge is 0.496 e. The first kappa shape index (κ1) is 39.0. The summed E-state index contributed by atoms with van der Waals surface area (Å²) in [5, 5.41) is 13.6. The predicted octanol–water partition coefficient (Wildman–Crippen LogP) is 6.20. The second kappa shape index (κ2) is 14.4. The van der Waals surface area contributed by atoms with Gasteiger partial charge in [-0.2, -0.15) is 0 Å². The Morgan fingerprint density at radius 3 is 2.47 bits per heavy atom. The number of aromatic nitrogens is 2. The highest BCUT2D eigenvalue weighted by Crippen LogP contribution is 2.59. The second-order valence-electron chi connectivity index (χ2n) is 17.9. The van der Waals surface area contributed by atoms with Crippen LogP contribution in [0.25, 0.3) is 21.8 Å². The molecule has 308 valence electrons. The zero-order chi connectivity index (χ0) is 40.8. The Hall–Kier alpha value is -4.45. The maximum Gasteiger partial charge on any atom is 0.319 e. The molecule has 58 heavy (non-hydrogen) atoms. The van der Waals surface area contributed by atoms with Crippen LogP contribution in [0.15, 0.2) is 48.0 Å². The van der Waals surface area contributed by atoms with Crippen molar-refractivity contribution in [1.29, 1.82) is 0 Å². The van der Waals surface area contributed by atoms with Crippen molar-refractivity contribution in [3.8, 4) is 5.75 Å². The molecule has 2 aliphatic carbocycles. The van der Waals surface area contributed by atoms with Gasteiger partial charge in [-0.15, -0.1) is 0 Å². The molecule has 6 aliphatic rings. The van der Waals surface area contributed by atoms with Gasteiger partial charge >= 0.3 is 11.9 Å². The van der Waals surface area contributed by atoms with Crippen molar-refractivity contribution in [2.24, 2.45) is 23.2 Å². The summed E-state index contributed by atoms with van der Waals surface area (Å²) in [6.07, 6.45) is 6.97. The van der Waals surface area contributed by atoms with Gasteiger partial charge in [0.2, 0.25) is 0 Å². The van der Waals surface area contributed by atoms with Gasteiger partial charge in [-0.05, 0) is 88.1 Å². The van der Waals surface area contributed by atoms with E-state index in [1.807, 2.05) is 20.0 Å². The van der Waals surface area contributed by atoms with Crippen LogP contribution in [-0.2, 0) is 42.1 Å². The van der Waals surface area contributed by atoms with Gasteiger partial charge in [-0.25, -0.2) is 0 Å². The fraction of sp³-hybridized carbons (Fsp3) is 0.553. The molecule has 6 heterocycles. The SMILES string of the molecule is C/C=C1/CN(C)[C@H]2Cc3c([nH]c4ccccc34)[C@H](c3cc4c5c([nH]c4cc3OC)[C@]3(C(=O)OC)C[C@@H]4C[C@H](CC)[C@@H]3N(CC5)[C@@H]4CC(C)=O)C[C@H]1[C@]2(CO)C(=O)OC. The third-order valence-corrected chi connectivity index (χ3v) is 15.6. The van der Waals surface area contributed by atoms with Gasteiger partial charge in [0.1, 0.15) is 22.4 Å². The van der Waals surface area contributed by atoms with Crippen LogP contribution in [0.5, 0.6) is 5.75 Å². The molecule has 1 unspecified atom stereocenters. The van der Waals surface area contributed by atoms with Gasteiger partial charge < -0.3 is 29.3 Å². The van der Waals surface area contributed by atoms with E-state index in [1.165, 1.54) is 14.2 Å². The molecule has 10 rings (SSSR count). The highest BCUT2D eigenvalue weighted by molar-refractivity contribution is 5.94. The van der Waals surface area contributed by atoms with E-state index in [0.717, 1.165) is 74.8 Å². The number of carbonyl (C=O) groups is 3. The number of para-hydroxylation sites is 1. The number of carbonyl (C=O) groups excluding carboxylic acids is 3. The van der Waals surface area contributed by atoms with Gasteiger partial charge in [0.15, 0.2) is 0 Å². The van der Waals surface area contributed by atoms with Crippen LogP contribution in [0, 0.1) is 23.2 Å². The Bertz CT molecular complexity index is 2340. The maximum atomic E-state index is 14.5. The molecule has 0 radical (unpaired) electrons. The summed E-state index contributed by atoms with van der Waals surface area (Å²) in [6, 6.07) is 12.4. The average Bonchev–Trinajstić information content (AvgIpc) is 3.75. The summed E-state index contributed by atoms with van der Waals surface area (Å²) in [6.45, 7) is 6.99. The van der Waals surface area contributed by atoms with Gasteiger partial charge in [0.05, 0.1) is 27.9 Å². The van der Waals surface area contributed by atoms with Crippen molar-refractivity contribution in [2.45, 2.75) is 95.2 Å². The number of ether oxygens (including phenoxy) is 3. The molecule has 3 saturated heterocycles. The summed E-state index contributed by atoms with van der Waals surface area (Å²) >= 11 is 0. The average molecular weight is 791 g/mol. The summed E-state index contributed by atoms with van der Waals surface area (Å²) in [7, 11) is 6.68. The number of H-pyrrole nitrogens is 2. The highest BCUT2D eigenvalue weighted by Gasteiger charge is 2.65. The fourth-order valence-electron chi connectivity index (χ4n) is 13.3. The normalized spacial score (nSPS) is 33.6. The monoisotopic (exact) mass is 790 g/mol. The number of piperidine rings is 3. The van der Waals surface area contributed by atoms with Gasteiger partial charge in [0.25, 0.3) is 0 Å². The van der Waals surface area contributed by atoms with Crippen molar-refractivity contribution >= 4 is 39.5 Å². The zero-order valence-electron chi connectivity index (χ0n) is 34.9.